The van der Waals surface area contributed by atoms with E-state index in [0.717, 1.165) is 19.3 Å². The van der Waals surface area contributed by atoms with Crippen LogP contribution in [0.4, 0.5) is 0 Å². The molecule has 0 N–H and O–H groups in total. The molecule has 1 saturated carbocycles. The third-order valence-corrected chi connectivity index (χ3v) is 3.08. The monoisotopic (exact) mass is 252 g/mol. The minimum Gasteiger partial charge on any atom is -0.211 e. The van der Waals surface area contributed by atoms with Gasteiger partial charge < -0.3 is 0 Å². The van der Waals surface area contributed by atoms with Crippen molar-refractivity contribution in [1.82, 2.24) is 0 Å². The average molecular weight is 252 g/mol. The van der Waals surface area contributed by atoms with E-state index in [1.165, 1.54) is 50.7 Å². The van der Waals surface area contributed by atoms with Gasteiger partial charge in [0.1, 0.15) is 0 Å². The Bertz CT molecular complexity index is 264. The molecule has 4 heteroatoms. The summed E-state index contributed by atoms with van der Waals surface area (Å²) in [6.07, 6.45) is 14.3. The van der Waals surface area contributed by atoms with Crippen molar-refractivity contribution in [2.45, 2.75) is 70.8 Å². The molecule has 18 heavy (non-hydrogen) atoms. The first kappa shape index (κ1) is 16.8. The summed E-state index contributed by atoms with van der Waals surface area (Å²) in [7, 11) is 0. The highest BCUT2D eigenvalue weighted by molar-refractivity contribution is 5.33. The number of isocyanates is 2. The Morgan fingerprint density at radius 2 is 1.56 bits per heavy atom. The van der Waals surface area contributed by atoms with Crippen LogP contribution in [0.2, 0.25) is 0 Å². The number of hydrogen-bond acceptors (Lipinski definition) is 4. The predicted octanol–water partition coefficient (Wildman–Crippen LogP) is 3.56. The van der Waals surface area contributed by atoms with Gasteiger partial charge in [0.2, 0.25) is 12.2 Å². The maximum Gasteiger partial charge on any atom is 0.235 e. The highest BCUT2D eigenvalue weighted by Crippen LogP contribution is 2.15. The van der Waals surface area contributed by atoms with Gasteiger partial charge in [-0.25, -0.2) is 19.6 Å². The van der Waals surface area contributed by atoms with Crippen molar-refractivity contribution in [3.8, 4) is 0 Å². The van der Waals surface area contributed by atoms with Crippen LogP contribution < -0.4 is 0 Å². The molecule has 0 aromatic heterocycles. The van der Waals surface area contributed by atoms with E-state index in [1.807, 2.05) is 6.92 Å². The average Bonchev–Trinajstić information content (AvgIpc) is 2.45. The van der Waals surface area contributed by atoms with E-state index in [4.69, 9.17) is 0 Å². The van der Waals surface area contributed by atoms with Crippen LogP contribution in [0.15, 0.2) is 9.98 Å². The minimum absolute atomic E-state index is 0.0318. The molecule has 0 radical (unpaired) electrons. The fraction of sp³-hybridized carbons (Fsp3) is 0.857. The van der Waals surface area contributed by atoms with Crippen LogP contribution in [0, 0.1) is 0 Å². The summed E-state index contributed by atoms with van der Waals surface area (Å²) < 4.78 is 0. The topological polar surface area (TPSA) is 58.9 Å². The molecule has 0 aromatic carbocycles. The van der Waals surface area contributed by atoms with Gasteiger partial charge in [-0.05, 0) is 19.3 Å². The lowest BCUT2D eigenvalue weighted by molar-refractivity contribution is 0.504. The van der Waals surface area contributed by atoms with Crippen molar-refractivity contribution in [2.75, 3.05) is 6.54 Å². The van der Waals surface area contributed by atoms with Gasteiger partial charge >= 0.3 is 0 Å². The Hall–Kier alpha value is -1.24. The van der Waals surface area contributed by atoms with Crippen molar-refractivity contribution >= 4 is 12.2 Å². The number of nitrogens with zero attached hydrogens (tertiary/aromatic N) is 2. The van der Waals surface area contributed by atoms with Crippen molar-refractivity contribution in [1.29, 1.82) is 0 Å². The molecule has 1 unspecified atom stereocenters. The maximum absolute atomic E-state index is 9.89. The third kappa shape index (κ3) is 11.3. The Balaban J connectivity index is 0.000000397. The highest BCUT2D eigenvalue weighted by Gasteiger charge is 2.01. The zero-order valence-electron chi connectivity index (χ0n) is 11.4. The highest BCUT2D eigenvalue weighted by atomic mass is 16.1. The molecule has 0 aromatic rings. The van der Waals surface area contributed by atoms with Crippen LogP contribution in [0.25, 0.3) is 0 Å². The Kier molecular flexibility index (Phi) is 12.9. The Morgan fingerprint density at radius 3 is 1.94 bits per heavy atom. The van der Waals surface area contributed by atoms with E-state index in [9.17, 15) is 9.59 Å². The summed E-state index contributed by atoms with van der Waals surface area (Å²) in [5.41, 5.74) is 0. The lowest BCUT2D eigenvalue weighted by Gasteiger charge is -2.05. The summed E-state index contributed by atoms with van der Waals surface area (Å²) in [4.78, 5) is 26.5. The third-order valence-electron chi connectivity index (χ3n) is 3.08. The van der Waals surface area contributed by atoms with Gasteiger partial charge in [-0.3, -0.25) is 0 Å². The number of aliphatic imine (C=N–C) groups is 2. The van der Waals surface area contributed by atoms with E-state index in [1.54, 1.807) is 0 Å². The molecule has 0 bridgehead atoms. The standard InChI is InChI=1S/C8H12N2O2.C6H12/c1-2-8(10-7-12)4-3-5-9-6-11;1-2-4-6-5-3-1/h8H,2-5H2,1H3;1-6H2. The summed E-state index contributed by atoms with van der Waals surface area (Å²) >= 11 is 0. The van der Waals surface area contributed by atoms with Crippen molar-refractivity contribution < 1.29 is 9.59 Å². The van der Waals surface area contributed by atoms with Gasteiger partial charge in [0.05, 0.1) is 12.6 Å². The molecular formula is C14H24N2O2. The molecule has 0 aliphatic heterocycles. The second-order valence-electron chi connectivity index (χ2n) is 4.52. The second-order valence-corrected chi connectivity index (χ2v) is 4.52. The molecule has 1 aliphatic carbocycles. The minimum atomic E-state index is 0.0318. The van der Waals surface area contributed by atoms with Gasteiger partial charge in [-0.15, -0.1) is 0 Å². The van der Waals surface area contributed by atoms with E-state index in [2.05, 4.69) is 9.98 Å². The van der Waals surface area contributed by atoms with E-state index < -0.39 is 0 Å². The van der Waals surface area contributed by atoms with E-state index in [-0.39, 0.29) is 6.04 Å². The number of carbonyl (C=O) groups excluding carboxylic acids is 2. The first-order chi connectivity index (χ1) is 8.85. The molecule has 0 saturated heterocycles. The molecule has 1 fully saturated rings. The Labute approximate surface area is 110 Å². The first-order valence-electron chi connectivity index (χ1n) is 6.95. The van der Waals surface area contributed by atoms with Gasteiger partial charge in [-0.1, -0.05) is 45.4 Å². The van der Waals surface area contributed by atoms with Crippen LogP contribution in [0.1, 0.15) is 64.7 Å². The summed E-state index contributed by atoms with van der Waals surface area (Å²) in [6.45, 7) is 2.42. The number of hydrogen-bond donors (Lipinski definition) is 0. The molecule has 0 heterocycles. The lowest BCUT2D eigenvalue weighted by atomic mass is 10.0. The van der Waals surface area contributed by atoms with Gasteiger partial charge in [0.15, 0.2) is 0 Å². The van der Waals surface area contributed by atoms with Crippen molar-refractivity contribution in [3.05, 3.63) is 0 Å². The second kappa shape index (κ2) is 13.8. The smallest absolute Gasteiger partial charge is 0.211 e. The molecule has 1 atom stereocenters. The van der Waals surface area contributed by atoms with Crippen molar-refractivity contribution in [2.24, 2.45) is 9.98 Å². The van der Waals surface area contributed by atoms with Gasteiger partial charge in [0.25, 0.3) is 0 Å². The Morgan fingerprint density at radius 1 is 1.00 bits per heavy atom. The summed E-state index contributed by atoms with van der Waals surface area (Å²) in [6, 6.07) is 0.0318. The molecule has 1 rings (SSSR count). The summed E-state index contributed by atoms with van der Waals surface area (Å²) in [5.74, 6) is 0. The van der Waals surface area contributed by atoms with Crippen LogP contribution in [0.3, 0.4) is 0 Å². The van der Waals surface area contributed by atoms with Crippen LogP contribution in [-0.2, 0) is 9.59 Å². The van der Waals surface area contributed by atoms with E-state index in [0.29, 0.717) is 6.54 Å². The molecule has 4 nitrogen and oxygen atoms in total. The van der Waals surface area contributed by atoms with Gasteiger partial charge in [-0.2, -0.15) is 0 Å². The summed E-state index contributed by atoms with van der Waals surface area (Å²) in [5, 5.41) is 0. The molecule has 0 amide bonds. The number of rotatable bonds is 6. The molecule has 1 aliphatic rings. The lowest BCUT2D eigenvalue weighted by Crippen LogP contribution is -2.02. The largest absolute Gasteiger partial charge is 0.235 e. The molecular weight excluding hydrogens is 228 g/mol. The zero-order chi connectivity index (χ0) is 13.5. The maximum atomic E-state index is 9.89. The SMILES string of the molecule is C1CCCCC1.CCC(CCCN=C=O)N=C=O. The van der Waals surface area contributed by atoms with Crippen LogP contribution in [0.5, 0.6) is 0 Å². The van der Waals surface area contributed by atoms with Crippen LogP contribution >= 0.6 is 0 Å². The molecule has 102 valence electrons. The fourth-order valence-electron chi connectivity index (χ4n) is 1.95. The predicted molar refractivity (Wildman–Crippen MR) is 72.1 cm³/mol. The molecule has 0 spiro atoms. The fourth-order valence-corrected chi connectivity index (χ4v) is 1.95. The normalized spacial score (nSPS) is 15.4. The van der Waals surface area contributed by atoms with Gasteiger partial charge in [0, 0.05) is 0 Å². The zero-order valence-corrected chi connectivity index (χ0v) is 11.4. The van der Waals surface area contributed by atoms with E-state index >= 15 is 0 Å². The van der Waals surface area contributed by atoms with Crippen molar-refractivity contribution in [3.63, 3.8) is 0 Å². The first-order valence-corrected chi connectivity index (χ1v) is 6.95. The quantitative estimate of drug-likeness (QED) is 0.412. The van der Waals surface area contributed by atoms with Crippen LogP contribution in [-0.4, -0.2) is 24.7 Å².